The Morgan fingerprint density at radius 1 is 1.46 bits per heavy atom. The van der Waals surface area contributed by atoms with Crippen LogP contribution in [0.2, 0.25) is 0 Å². The number of halogens is 1. The molecule has 0 aliphatic carbocycles. The minimum absolute atomic E-state index is 0.693. The smallest absolute Gasteiger partial charge is 0.126 e. The zero-order valence-electron chi connectivity index (χ0n) is 7.25. The summed E-state index contributed by atoms with van der Waals surface area (Å²) < 4.78 is 10.9. The molecule has 0 N–H and O–H groups in total. The van der Waals surface area contributed by atoms with E-state index in [0.29, 0.717) is 6.61 Å². The zero-order valence-corrected chi connectivity index (χ0v) is 8.84. The average Bonchev–Trinajstić information content (AvgIpc) is 2.61. The molecule has 0 saturated carbocycles. The van der Waals surface area contributed by atoms with E-state index in [1.165, 1.54) is 5.56 Å². The van der Waals surface area contributed by atoms with Gasteiger partial charge in [0.2, 0.25) is 0 Å². The van der Waals surface area contributed by atoms with Crippen LogP contribution in [-0.2, 0) is 6.42 Å². The number of rotatable bonds is 3. The lowest BCUT2D eigenvalue weighted by Crippen LogP contribution is -1.97. The molecule has 0 unspecified atom stereocenters. The van der Waals surface area contributed by atoms with Crippen LogP contribution in [0.5, 0.6) is 11.5 Å². The second kappa shape index (κ2) is 4.01. The Labute approximate surface area is 86.0 Å². The summed E-state index contributed by atoms with van der Waals surface area (Å²) in [5, 5.41) is 0.852. The van der Waals surface area contributed by atoms with Gasteiger partial charge in [-0.3, -0.25) is 0 Å². The van der Waals surface area contributed by atoms with Gasteiger partial charge in [-0.25, -0.2) is 0 Å². The van der Waals surface area contributed by atoms with Crippen molar-refractivity contribution >= 4 is 15.9 Å². The van der Waals surface area contributed by atoms with E-state index in [1.807, 2.05) is 12.1 Å². The minimum atomic E-state index is 0.693. The first kappa shape index (κ1) is 8.88. The van der Waals surface area contributed by atoms with E-state index < -0.39 is 0 Å². The molecule has 13 heavy (non-hydrogen) atoms. The Morgan fingerprint density at radius 3 is 3.23 bits per heavy atom. The van der Waals surface area contributed by atoms with E-state index in [-0.39, 0.29) is 0 Å². The van der Waals surface area contributed by atoms with Crippen molar-refractivity contribution in [2.75, 3.05) is 18.5 Å². The van der Waals surface area contributed by atoms with E-state index in [9.17, 15) is 0 Å². The highest BCUT2D eigenvalue weighted by Crippen LogP contribution is 2.29. The molecule has 0 atom stereocenters. The van der Waals surface area contributed by atoms with Gasteiger partial charge in [0.1, 0.15) is 11.5 Å². The van der Waals surface area contributed by atoms with Crippen molar-refractivity contribution in [3.8, 4) is 11.5 Å². The summed E-state index contributed by atoms with van der Waals surface area (Å²) in [6.45, 7) is 1.50. The van der Waals surface area contributed by atoms with Crippen LogP contribution in [0.25, 0.3) is 0 Å². The first-order valence-corrected chi connectivity index (χ1v) is 5.47. The van der Waals surface area contributed by atoms with Gasteiger partial charge < -0.3 is 9.47 Å². The maximum Gasteiger partial charge on any atom is 0.126 e. The van der Waals surface area contributed by atoms with Crippen LogP contribution in [-0.4, -0.2) is 18.5 Å². The monoisotopic (exact) mass is 242 g/mol. The van der Waals surface area contributed by atoms with Gasteiger partial charge in [-0.2, -0.15) is 0 Å². The van der Waals surface area contributed by atoms with Crippen molar-refractivity contribution in [1.29, 1.82) is 0 Å². The molecule has 1 aromatic rings. The van der Waals surface area contributed by atoms with Gasteiger partial charge in [0.05, 0.1) is 13.2 Å². The van der Waals surface area contributed by atoms with Crippen molar-refractivity contribution in [3.05, 3.63) is 23.8 Å². The lowest BCUT2D eigenvalue weighted by molar-refractivity contribution is 0.334. The number of alkyl halides is 1. The van der Waals surface area contributed by atoms with Gasteiger partial charge >= 0.3 is 0 Å². The van der Waals surface area contributed by atoms with Crippen molar-refractivity contribution in [2.45, 2.75) is 6.42 Å². The van der Waals surface area contributed by atoms with Gasteiger partial charge in [0, 0.05) is 17.8 Å². The lowest BCUT2D eigenvalue weighted by atomic mass is 10.2. The highest BCUT2D eigenvalue weighted by Gasteiger charge is 2.11. The minimum Gasteiger partial charge on any atom is -0.493 e. The molecule has 2 nitrogen and oxygen atoms in total. The van der Waals surface area contributed by atoms with Gasteiger partial charge in [0.15, 0.2) is 0 Å². The van der Waals surface area contributed by atoms with Crippen LogP contribution in [0.1, 0.15) is 5.56 Å². The number of benzene rings is 1. The molecular weight excluding hydrogens is 232 g/mol. The van der Waals surface area contributed by atoms with E-state index in [1.54, 1.807) is 0 Å². The maximum atomic E-state index is 5.45. The molecular formula is C10H11BrO2. The number of hydrogen-bond donors (Lipinski definition) is 0. The average molecular weight is 243 g/mol. The van der Waals surface area contributed by atoms with Gasteiger partial charge in [-0.05, 0) is 11.6 Å². The van der Waals surface area contributed by atoms with Crippen LogP contribution in [0.4, 0.5) is 0 Å². The van der Waals surface area contributed by atoms with Gasteiger partial charge in [0.25, 0.3) is 0 Å². The van der Waals surface area contributed by atoms with Crippen molar-refractivity contribution < 1.29 is 9.47 Å². The Hall–Kier alpha value is -0.700. The van der Waals surface area contributed by atoms with Crippen LogP contribution >= 0.6 is 15.9 Å². The second-order valence-corrected chi connectivity index (χ2v) is 3.70. The van der Waals surface area contributed by atoms with Crippen LogP contribution in [0.3, 0.4) is 0 Å². The molecule has 2 rings (SSSR count). The number of ether oxygens (including phenoxy) is 2. The quantitative estimate of drug-likeness (QED) is 0.759. The third-order valence-electron chi connectivity index (χ3n) is 2.01. The molecule has 3 heteroatoms. The molecule has 1 aromatic carbocycles. The fraction of sp³-hybridized carbons (Fsp3) is 0.400. The highest BCUT2D eigenvalue weighted by molar-refractivity contribution is 9.09. The summed E-state index contributed by atoms with van der Waals surface area (Å²) >= 11 is 3.31. The molecule has 0 amide bonds. The number of fused-ring (bicyclic) bond motifs is 1. The second-order valence-electron chi connectivity index (χ2n) is 2.91. The van der Waals surface area contributed by atoms with Crippen LogP contribution in [0.15, 0.2) is 18.2 Å². The Balaban J connectivity index is 2.12. The SMILES string of the molecule is BrCCOc1ccc2c(c1)OCC2. The molecule has 1 heterocycles. The summed E-state index contributed by atoms with van der Waals surface area (Å²) in [5.74, 6) is 1.87. The third-order valence-corrected chi connectivity index (χ3v) is 2.34. The van der Waals surface area contributed by atoms with E-state index in [4.69, 9.17) is 9.47 Å². The van der Waals surface area contributed by atoms with Gasteiger partial charge in [-0.15, -0.1) is 0 Å². The highest BCUT2D eigenvalue weighted by atomic mass is 79.9. The van der Waals surface area contributed by atoms with Crippen molar-refractivity contribution in [2.24, 2.45) is 0 Å². The summed E-state index contributed by atoms with van der Waals surface area (Å²) in [5.41, 5.74) is 1.28. The molecule has 0 bridgehead atoms. The topological polar surface area (TPSA) is 18.5 Å². The summed E-state index contributed by atoms with van der Waals surface area (Å²) in [6, 6.07) is 6.03. The standard InChI is InChI=1S/C10H11BrO2/c11-4-6-12-9-2-1-8-3-5-13-10(8)7-9/h1-2,7H,3-6H2. The predicted molar refractivity (Wildman–Crippen MR) is 54.9 cm³/mol. The summed E-state index contributed by atoms with van der Waals surface area (Å²) in [7, 11) is 0. The Morgan fingerprint density at radius 2 is 2.38 bits per heavy atom. The first-order valence-electron chi connectivity index (χ1n) is 4.34. The van der Waals surface area contributed by atoms with Crippen LogP contribution < -0.4 is 9.47 Å². The fourth-order valence-corrected chi connectivity index (χ4v) is 1.55. The molecule has 0 fully saturated rings. The largest absolute Gasteiger partial charge is 0.493 e. The summed E-state index contributed by atoms with van der Waals surface area (Å²) in [4.78, 5) is 0. The van der Waals surface area contributed by atoms with Gasteiger partial charge in [-0.1, -0.05) is 22.0 Å². The molecule has 1 aliphatic rings. The van der Waals surface area contributed by atoms with E-state index >= 15 is 0 Å². The third kappa shape index (κ3) is 1.97. The van der Waals surface area contributed by atoms with E-state index in [2.05, 4.69) is 22.0 Å². The molecule has 1 aliphatic heterocycles. The molecule has 0 saturated heterocycles. The van der Waals surface area contributed by atoms with Crippen molar-refractivity contribution in [3.63, 3.8) is 0 Å². The van der Waals surface area contributed by atoms with Crippen molar-refractivity contribution in [1.82, 2.24) is 0 Å². The molecule has 0 aromatic heterocycles. The predicted octanol–water partition coefficient (Wildman–Crippen LogP) is 2.40. The zero-order chi connectivity index (χ0) is 9.10. The lowest BCUT2D eigenvalue weighted by Gasteiger charge is -2.05. The normalized spacial score (nSPS) is 13.6. The Bertz CT molecular complexity index is 299. The summed E-state index contributed by atoms with van der Waals surface area (Å²) in [6.07, 6.45) is 1.02. The Kier molecular flexibility index (Phi) is 2.74. The fourth-order valence-electron chi connectivity index (χ4n) is 1.39. The maximum absolute atomic E-state index is 5.45. The molecule has 0 radical (unpaired) electrons. The first-order chi connectivity index (χ1) is 6.40. The number of hydrogen-bond acceptors (Lipinski definition) is 2. The van der Waals surface area contributed by atoms with Crippen LogP contribution in [0, 0.1) is 0 Å². The van der Waals surface area contributed by atoms with E-state index in [0.717, 1.165) is 29.9 Å². The molecule has 0 spiro atoms. The molecule has 70 valence electrons.